The summed E-state index contributed by atoms with van der Waals surface area (Å²) in [7, 11) is 0. The van der Waals surface area contributed by atoms with Gasteiger partial charge in [0, 0.05) is 30.9 Å². The van der Waals surface area contributed by atoms with Crippen LogP contribution in [0, 0.1) is 17.1 Å². The molecule has 2 heterocycles. The van der Waals surface area contributed by atoms with Crippen LogP contribution in [0.3, 0.4) is 0 Å². The van der Waals surface area contributed by atoms with Gasteiger partial charge in [0.1, 0.15) is 23.4 Å². The lowest BCUT2D eigenvalue weighted by molar-refractivity contribution is 0.0973. The Morgan fingerprint density at radius 3 is 2.32 bits per heavy atom. The average molecular weight is 494 g/mol. The molecular formula is C29H24FN5O2. The molecule has 3 N–H and O–H groups in total. The van der Waals surface area contributed by atoms with Crippen molar-refractivity contribution < 1.29 is 14.0 Å². The van der Waals surface area contributed by atoms with Crippen LogP contribution in [0.15, 0.2) is 79.1 Å². The zero-order valence-electron chi connectivity index (χ0n) is 20.1. The quantitative estimate of drug-likeness (QED) is 0.308. The molecule has 4 aromatic rings. The number of carbonyl (C=O) groups is 2. The summed E-state index contributed by atoms with van der Waals surface area (Å²) in [4.78, 5) is 32.8. The van der Waals surface area contributed by atoms with Crippen LogP contribution < -0.4 is 11.1 Å². The molecule has 0 bridgehead atoms. The summed E-state index contributed by atoms with van der Waals surface area (Å²) in [5.41, 5.74) is 9.66. The van der Waals surface area contributed by atoms with Crippen molar-refractivity contribution >= 4 is 17.5 Å². The molecule has 0 aliphatic heterocycles. The minimum Gasteiger partial charge on any atom is -0.365 e. The Bertz CT molecular complexity index is 1460. The SMILES string of the molecule is C[C@H](CC(=O)c1cc(C#N)cnc1NCc1ccc(-c2ccc(C(N)=O)nc2)cc1)c1ccc(F)cc1. The van der Waals surface area contributed by atoms with Gasteiger partial charge in [0.2, 0.25) is 0 Å². The first-order valence-corrected chi connectivity index (χ1v) is 11.6. The monoisotopic (exact) mass is 493 g/mol. The van der Waals surface area contributed by atoms with Crippen LogP contribution in [0.4, 0.5) is 10.2 Å². The predicted octanol–water partition coefficient (Wildman–Crippen LogP) is 5.24. The lowest BCUT2D eigenvalue weighted by atomic mass is 9.93. The number of nitriles is 1. The van der Waals surface area contributed by atoms with Gasteiger partial charge >= 0.3 is 0 Å². The summed E-state index contributed by atoms with van der Waals surface area (Å²) in [5.74, 6) is -0.805. The summed E-state index contributed by atoms with van der Waals surface area (Å²) >= 11 is 0. The average Bonchev–Trinajstić information content (AvgIpc) is 2.92. The molecule has 7 nitrogen and oxygen atoms in total. The Kier molecular flexibility index (Phi) is 7.65. The van der Waals surface area contributed by atoms with E-state index in [1.54, 1.807) is 36.5 Å². The highest BCUT2D eigenvalue weighted by atomic mass is 19.1. The Balaban J connectivity index is 1.46. The fraction of sp³-hybridized carbons (Fsp3) is 0.138. The van der Waals surface area contributed by atoms with Crippen LogP contribution in [0.1, 0.15) is 56.8 Å². The number of hydrogen-bond donors (Lipinski definition) is 2. The van der Waals surface area contributed by atoms with Crippen molar-refractivity contribution in [3.05, 3.63) is 113 Å². The third kappa shape index (κ3) is 6.21. The van der Waals surface area contributed by atoms with Gasteiger partial charge in [-0.15, -0.1) is 0 Å². The Morgan fingerprint density at radius 1 is 1.00 bits per heavy atom. The van der Waals surface area contributed by atoms with Crippen molar-refractivity contribution in [2.75, 3.05) is 5.32 Å². The molecule has 1 amide bonds. The first-order valence-electron chi connectivity index (χ1n) is 11.6. The van der Waals surface area contributed by atoms with Crippen molar-refractivity contribution in [2.45, 2.75) is 25.8 Å². The number of ketones is 1. The third-order valence-electron chi connectivity index (χ3n) is 6.01. The van der Waals surface area contributed by atoms with E-state index in [9.17, 15) is 19.2 Å². The van der Waals surface area contributed by atoms with Gasteiger partial charge in [-0.1, -0.05) is 49.4 Å². The van der Waals surface area contributed by atoms with Crippen molar-refractivity contribution in [1.29, 1.82) is 5.26 Å². The number of Topliss-reactive ketones (excluding diaryl/α,β-unsaturated/α-hetero) is 1. The Morgan fingerprint density at radius 2 is 1.70 bits per heavy atom. The second-order valence-corrected chi connectivity index (χ2v) is 8.66. The van der Waals surface area contributed by atoms with Crippen LogP contribution >= 0.6 is 0 Å². The van der Waals surface area contributed by atoms with Gasteiger partial charge in [-0.05, 0) is 46.9 Å². The van der Waals surface area contributed by atoms with Gasteiger partial charge in [0.15, 0.2) is 5.78 Å². The number of halogens is 1. The maximum absolute atomic E-state index is 13.3. The van der Waals surface area contributed by atoms with E-state index in [-0.39, 0.29) is 29.6 Å². The van der Waals surface area contributed by atoms with Crippen LogP contribution in [-0.2, 0) is 6.54 Å². The number of aromatic nitrogens is 2. The molecule has 0 saturated heterocycles. The van der Waals surface area contributed by atoms with E-state index in [0.717, 1.165) is 22.3 Å². The fourth-order valence-corrected chi connectivity index (χ4v) is 3.89. The first-order chi connectivity index (χ1) is 17.8. The molecule has 184 valence electrons. The lowest BCUT2D eigenvalue weighted by Crippen LogP contribution is -2.12. The molecule has 1 atom stereocenters. The van der Waals surface area contributed by atoms with Gasteiger partial charge in [-0.25, -0.2) is 9.37 Å². The molecule has 0 saturated carbocycles. The summed E-state index contributed by atoms with van der Waals surface area (Å²) in [5, 5.41) is 12.5. The number of carbonyl (C=O) groups excluding carboxylic acids is 2. The van der Waals surface area contributed by atoms with E-state index < -0.39 is 5.91 Å². The second kappa shape index (κ2) is 11.2. The Labute approximate surface area is 213 Å². The molecular weight excluding hydrogens is 469 g/mol. The maximum atomic E-state index is 13.3. The summed E-state index contributed by atoms with van der Waals surface area (Å²) in [6.45, 7) is 2.31. The fourth-order valence-electron chi connectivity index (χ4n) is 3.89. The highest BCUT2D eigenvalue weighted by Gasteiger charge is 2.18. The standard InChI is InChI=1S/C29H24FN5O2/c1-18(21-6-9-24(30)10-7-21)12-27(36)25-13-20(14-31)16-35-29(25)34-15-19-2-4-22(5-3-19)23-8-11-26(28(32)37)33-17-23/h2-11,13,16-18H,12,15H2,1H3,(H2,32,37)(H,34,35)/t18-/m1/s1. The molecule has 2 aromatic heterocycles. The highest BCUT2D eigenvalue weighted by molar-refractivity contribution is 6.01. The molecule has 0 aliphatic carbocycles. The maximum Gasteiger partial charge on any atom is 0.267 e. The molecule has 8 heteroatoms. The largest absolute Gasteiger partial charge is 0.365 e. The van der Waals surface area contributed by atoms with Crippen LogP contribution in [0.25, 0.3) is 11.1 Å². The number of anilines is 1. The molecule has 0 radical (unpaired) electrons. The van der Waals surface area contributed by atoms with Crippen LogP contribution in [0.5, 0.6) is 0 Å². The van der Waals surface area contributed by atoms with E-state index >= 15 is 0 Å². The molecule has 37 heavy (non-hydrogen) atoms. The third-order valence-corrected chi connectivity index (χ3v) is 6.01. The summed E-state index contributed by atoms with van der Waals surface area (Å²) < 4.78 is 13.3. The number of pyridine rings is 2. The van der Waals surface area contributed by atoms with Crippen molar-refractivity contribution in [1.82, 2.24) is 9.97 Å². The van der Waals surface area contributed by atoms with Crippen LogP contribution in [0.2, 0.25) is 0 Å². The summed E-state index contributed by atoms with van der Waals surface area (Å²) in [6.07, 6.45) is 3.21. The lowest BCUT2D eigenvalue weighted by Gasteiger charge is -2.14. The zero-order chi connectivity index (χ0) is 26.4. The van der Waals surface area contributed by atoms with Gasteiger partial charge in [-0.3, -0.25) is 14.6 Å². The van der Waals surface area contributed by atoms with Gasteiger partial charge in [-0.2, -0.15) is 5.26 Å². The van der Waals surface area contributed by atoms with Crippen LogP contribution in [-0.4, -0.2) is 21.7 Å². The van der Waals surface area contributed by atoms with Gasteiger partial charge < -0.3 is 11.1 Å². The smallest absolute Gasteiger partial charge is 0.267 e. The number of hydrogen-bond acceptors (Lipinski definition) is 6. The van der Waals surface area contributed by atoms with Crippen molar-refractivity contribution in [2.24, 2.45) is 5.73 Å². The van der Waals surface area contributed by atoms with Crippen molar-refractivity contribution in [3.8, 4) is 17.2 Å². The topological polar surface area (TPSA) is 122 Å². The van der Waals surface area contributed by atoms with E-state index in [2.05, 4.69) is 15.3 Å². The second-order valence-electron chi connectivity index (χ2n) is 8.66. The number of rotatable bonds is 9. The van der Waals surface area contributed by atoms with E-state index in [1.807, 2.05) is 37.3 Å². The number of benzene rings is 2. The number of nitrogens with two attached hydrogens (primary N) is 1. The molecule has 0 unspecified atom stereocenters. The molecule has 2 aromatic carbocycles. The van der Waals surface area contributed by atoms with Crippen molar-refractivity contribution in [3.63, 3.8) is 0 Å². The van der Waals surface area contributed by atoms with E-state index in [1.165, 1.54) is 18.3 Å². The minimum absolute atomic E-state index is 0.134. The molecule has 0 fully saturated rings. The molecule has 4 rings (SSSR count). The molecule has 0 spiro atoms. The summed E-state index contributed by atoms with van der Waals surface area (Å²) in [6, 6.07) is 20.8. The highest BCUT2D eigenvalue weighted by Crippen LogP contribution is 2.25. The number of amides is 1. The van der Waals surface area contributed by atoms with Gasteiger partial charge in [0.25, 0.3) is 5.91 Å². The van der Waals surface area contributed by atoms with E-state index in [4.69, 9.17) is 5.73 Å². The van der Waals surface area contributed by atoms with E-state index in [0.29, 0.717) is 23.5 Å². The number of nitrogens with zero attached hydrogens (tertiary/aromatic N) is 3. The molecule has 0 aliphatic rings. The minimum atomic E-state index is -0.577. The zero-order valence-corrected chi connectivity index (χ0v) is 20.1. The predicted molar refractivity (Wildman–Crippen MR) is 138 cm³/mol. The number of nitrogens with one attached hydrogen (secondary N) is 1. The normalized spacial score (nSPS) is 11.4. The Hall–Kier alpha value is -4.90. The number of primary amides is 1. The first kappa shape index (κ1) is 25.2. The van der Waals surface area contributed by atoms with Gasteiger partial charge in [0.05, 0.1) is 11.1 Å².